The lowest BCUT2D eigenvalue weighted by Gasteiger charge is -2.30. The SMILES string of the molecule is CCN1CC(=O)Nc2c(Br)cccc21. The number of likely N-dealkylation sites (N-methyl/N-ethyl adjacent to an activating group) is 1. The Hall–Kier alpha value is -1.03. The fraction of sp³-hybridized carbons (Fsp3) is 0.300. The van der Waals surface area contributed by atoms with Crippen LogP contribution in [0.2, 0.25) is 0 Å². The molecule has 0 radical (unpaired) electrons. The summed E-state index contributed by atoms with van der Waals surface area (Å²) in [4.78, 5) is 13.4. The van der Waals surface area contributed by atoms with E-state index in [0.717, 1.165) is 22.4 Å². The molecule has 74 valence electrons. The Balaban J connectivity index is 2.50. The summed E-state index contributed by atoms with van der Waals surface area (Å²) in [5, 5.41) is 2.86. The maximum atomic E-state index is 11.4. The van der Waals surface area contributed by atoms with Crippen LogP contribution in [0.25, 0.3) is 0 Å². The Morgan fingerprint density at radius 1 is 1.57 bits per heavy atom. The number of halogens is 1. The van der Waals surface area contributed by atoms with Gasteiger partial charge in [0.1, 0.15) is 0 Å². The maximum Gasteiger partial charge on any atom is 0.243 e. The lowest BCUT2D eigenvalue weighted by Crippen LogP contribution is -2.38. The van der Waals surface area contributed by atoms with Crippen LogP contribution in [-0.2, 0) is 4.79 Å². The highest BCUT2D eigenvalue weighted by atomic mass is 79.9. The molecule has 1 amide bonds. The van der Waals surface area contributed by atoms with Gasteiger partial charge >= 0.3 is 0 Å². The molecule has 1 aliphatic heterocycles. The van der Waals surface area contributed by atoms with Crippen LogP contribution in [0.15, 0.2) is 22.7 Å². The Bertz CT molecular complexity index is 378. The molecule has 0 atom stereocenters. The van der Waals surface area contributed by atoms with Gasteiger partial charge in [-0.2, -0.15) is 0 Å². The van der Waals surface area contributed by atoms with Crippen molar-refractivity contribution in [3.8, 4) is 0 Å². The van der Waals surface area contributed by atoms with Crippen molar-refractivity contribution in [3.63, 3.8) is 0 Å². The summed E-state index contributed by atoms with van der Waals surface area (Å²) in [6.07, 6.45) is 0. The second kappa shape index (κ2) is 3.61. The number of nitrogens with one attached hydrogen (secondary N) is 1. The summed E-state index contributed by atoms with van der Waals surface area (Å²) < 4.78 is 0.932. The third-order valence-electron chi connectivity index (χ3n) is 2.31. The monoisotopic (exact) mass is 254 g/mol. The number of anilines is 2. The van der Waals surface area contributed by atoms with Gasteiger partial charge in [-0.15, -0.1) is 0 Å². The van der Waals surface area contributed by atoms with E-state index in [1.165, 1.54) is 0 Å². The van der Waals surface area contributed by atoms with E-state index in [9.17, 15) is 4.79 Å². The molecule has 0 saturated heterocycles. The summed E-state index contributed by atoms with van der Waals surface area (Å²) in [7, 11) is 0. The molecule has 1 N–H and O–H groups in total. The molecule has 1 heterocycles. The third kappa shape index (κ3) is 1.50. The molecule has 4 heteroatoms. The van der Waals surface area contributed by atoms with Gasteiger partial charge in [-0.25, -0.2) is 0 Å². The fourth-order valence-corrected chi connectivity index (χ4v) is 2.07. The topological polar surface area (TPSA) is 32.3 Å². The van der Waals surface area contributed by atoms with Crippen LogP contribution in [0.5, 0.6) is 0 Å². The molecule has 14 heavy (non-hydrogen) atoms. The van der Waals surface area contributed by atoms with Crippen LogP contribution in [0, 0.1) is 0 Å². The van der Waals surface area contributed by atoms with Crippen LogP contribution < -0.4 is 10.2 Å². The van der Waals surface area contributed by atoms with E-state index in [0.29, 0.717) is 6.54 Å². The third-order valence-corrected chi connectivity index (χ3v) is 2.97. The van der Waals surface area contributed by atoms with Crippen LogP contribution in [0.1, 0.15) is 6.92 Å². The minimum atomic E-state index is 0.0475. The maximum absolute atomic E-state index is 11.4. The molecule has 0 saturated carbocycles. The first-order valence-electron chi connectivity index (χ1n) is 4.55. The Kier molecular flexibility index (Phi) is 2.46. The number of amides is 1. The summed E-state index contributed by atoms with van der Waals surface area (Å²) >= 11 is 3.42. The van der Waals surface area contributed by atoms with Crippen molar-refractivity contribution in [3.05, 3.63) is 22.7 Å². The van der Waals surface area contributed by atoms with Gasteiger partial charge in [-0.05, 0) is 35.0 Å². The molecule has 1 aromatic carbocycles. The van der Waals surface area contributed by atoms with Crippen LogP contribution in [-0.4, -0.2) is 19.0 Å². The molecule has 1 aromatic rings. The minimum absolute atomic E-state index is 0.0475. The van der Waals surface area contributed by atoms with Crippen molar-refractivity contribution in [2.45, 2.75) is 6.92 Å². The van der Waals surface area contributed by atoms with Gasteiger partial charge < -0.3 is 10.2 Å². The second-order valence-corrected chi connectivity index (χ2v) is 4.05. The number of para-hydroxylation sites is 1. The molecule has 0 fully saturated rings. The van der Waals surface area contributed by atoms with Crippen molar-refractivity contribution in [1.82, 2.24) is 0 Å². The number of hydrogen-bond donors (Lipinski definition) is 1. The van der Waals surface area contributed by atoms with E-state index in [4.69, 9.17) is 0 Å². The number of benzene rings is 1. The molecule has 0 unspecified atom stereocenters. The molecule has 0 aliphatic carbocycles. The second-order valence-electron chi connectivity index (χ2n) is 3.20. The van der Waals surface area contributed by atoms with E-state index in [-0.39, 0.29) is 5.91 Å². The first kappa shape index (κ1) is 9.52. The zero-order valence-electron chi connectivity index (χ0n) is 7.88. The van der Waals surface area contributed by atoms with Gasteiger partial charge in [0.25, 0.3) is 0 Å². The zero-order valence-corrected chi connectivity index (χ0v) is 9.47. The van der Waals surface area contributed by atoms with E-state index >= 15 is 0 Å². The van der Waals surface area contributed by atoms with Crippen molar-refractivity contribution >= 4 is 33.2 Å². The zero-order chi connectivity index (χ0) is 10.1. The summed E-state index contributed by atoms with van der Waals surface area (Å²) in [6.45, 7) is 3.33. The highest BCUT2D eigenvalue weighted by Gasteiger charge is 2.21. The summed E-state index contributed by atoms with van der Waals surface area (Å²) in [6, 6.07) is 5.92. The average molecular weight is 255 g/mol. The van der Waals surface area contributed by atoms with Crippen molar-refractivity contribution in [1.29, 1.82) is 0 Å². The number of hydrogen-bond acceptors (Lipinski definition) is 2. The Morgan fingerprint density at radius 2 is 2.36 bits per heavy atom. The molecule has 3 nitrogen and oxygen atoms in total. The normalized spacial score (nSPS) is 15.0. The van der Waals surface area contributed by atoms with Crippen LogP contribution in [0.3, 0.4) is 0 Å². The molecular weight excluding hydrogens is 244 g/mol. The van der Waals surface area contributed by atoms with E-state index in [2.05, 4.69) is 26.1 Å². The van der Waals surface area contributed by atoms with Gasteiger partial charge in [-0.3, -0.25) is 4.79 Å². The number of carbonyl (C=O) groups excluding carboxylic acids is 1. The van der Waals surface area contributed by atoms with E-state index in [1.54, 1.807) is 0 Å². The Morgan fingerprint density at radius 3 is 3.07 bits per heavy atom. The number of nitrogens with zero attached hydrogens (tertiary/aromatic N) is 1. The van der Waals surface area contributed by atoms with E-state index < -0.39 is 0 Å². The van der Waals surface area contributed by atoms with Crippen LogP contribution >= 0.6 is 15.9 Å². The van der Waals surface area contributed by atoms with Gasteiger partial charge in [0.15, 0.2) is 0 Å². The molecule has 1 aliphatic rings. The van der Waals surface area contributed by atoms with Gasteiger partial charge in [0.2, 0.25) is 5.91 Å². The lowest BCUT2D eigenvalue weighted by atomic mass is 10.2. The lowest BCUT2D eigenvalue weighted by molar-refractivity contribution is -0.115. The van der Waals surface area contributed by atoms with Crippen LogP contribution in [0.4, 0.5) is 11.4 Å². The standard InChI is InChI=1S/C10H11BrN2O/c1-2-13-6-9(14)12-10-7(11)4-3-5-8(10)13/h3-5H,2,6H2,1H3,(H,12,14). The van der Waals surface area contributed by atoms with Crippen molar-refractivity contribution in [2.75, 3.05) is 23.3 Å². The molecule has 2 rings (SSSR count). The van der Waals surface area contributed by atoms with Gasteiger partial charge in [0.05, 0.1) is 17.9 Å². The minimum Gasteiger partial charge on any atom is -0.361 e. The number of carbonyl (C=O) groups is 1. The number of fused-ring (bicyclic) bond motifs is 1. The van der Waals surface area contributed by atoms with E-state index in [1.807, 2.05) is 25.1 Å². The molecule has 0 bridgehead atoms. The predicted molar refractivity (Wildman–Crippen MR) is 60.7 cm³/mol. The first-order valence-corrected chi connectivity index (χ1v) is 5.35. The quantitative estimate of drug-likeness (QED) is 0.834. The smallest absolute Gasteiger partial charge is 0.243 e. The molecular formula is C10H11BrN2O. The highest BCUT2D eigenvalue weighted by molar-refractivity contribution is 9.10. The largest absolute Gasteiger partial charge is 0.361 e. The predicted octanol–water partition coefficient (Wildman–Crippen LogP) is 2.23. The first-order chi connectivity index (χ1) is 6.72. The van der Waals surface area contributed by atoms with Crippen molar-refractivity contribution in [2.24, 2.45) is 0 Å². The molecule has 0 aromatic heterocycles. The van der Waals surface area contributed by atoms with Crippen molar-refractivity contribution < 1.29 is 4.79 Å². The fourth-order valence-electron chi connectivity index (χ4n) is 1.62. The highest BCUT2D eigenvalue weighted by Crippen LogP contribution is 2.35. The van der Waals surface area contributed by atoms with Gasteiger partial charge in [0, 0.05) is 11.0 Å². The molecule has 0 spiro atoms. The Labute approximate surface area is 91.2 Å². The average Bonchev–Trinajstić information content (AvgIpc) is 2.18. The summed E-state index contributed by atoms with van der Waals surface area (Å²) in [5.74, 6) is 0.0475. The van der Waals surface area contributed by atoms with Gasteiger partial charge in [-0.1, -0.05) is 6.07 Å². The number of rotatable bonds is 1. The summed E-state index contributed by atoms with van der Waals surface area (Å²) in [5.41, 5.74) is 1.96.